The average molecular weight is 786 g/mol. The molecule has 3 amide bonds. The molecule has 5 aromatic rings. The van der Waals surface area contributed by atoms with Gasteiger partial charge in [-0.15, -0.1) is 0 Å². The van der Waals surface area contributed by atoms with Gasteiger partial charge in [-0.2, -0.15) is 0 Å². The van der Waals surface area contributed by atoms with Crippen molar-refractivity contribution in [3.05, 3.63) is 96.2 Å². The summed E-state index contributed by atoms with van der Waals surface area (Å²) in [7, 11) is -0.862. The van der Waals surface area contributed by atoms with Crippen molar-refractivity contribution in [2.75, 3.05) is 47.7 Å². The number of urea groups is 1. The van der Waals surface area contributed by atoms with E-state index >= 15 is 0 Å². The van der Waals surface area contributed by atoms with Crippen molar-refractivity contribution in [1.29, 1.82) is 0 Å². The van der Waals surface area contributed by atoms with Crippen molar-refractivity contribution < 1.29 is 42.1 Å². The number of sulfonamides is 1. The Labute approximate surface area is 323 Å². The highest BCUT2D eigenvalue weighted by atomic mass is 32.2. The number of nitrogens with two attached hydrogens (primary N) is 1. The molecule has 1 heterocycles. The third kappa shape index (κ3) is 10.1. The molecule has 1 atom stereocenters. The lowest BCUT2D eigenvalue weighted by Crippen LogP contribution is -2.42. The van der Waals surface area contributed by atoms with Crippen molar-refractivity contribution in [3.8, 4) is 23.0 Å². The van der Waals surface area contributed by atoms with Crippen LogP contribution in [0.1, 0.15) is 36.7 Å². The van der Waals surface area contributed by atoms with Crippen LogP contribution in [0.5, 0.6) is 23.0 Å². The number of aliphatic carboxylic acids is 1. The molecule has 56 heavy (non-hydrogen) atoms. The second-order valence-electron chi connectivity index (χ2n) is 13.6. The molecule has 0 spiro atoms. The number of hydrogen-bond donors (Lipinski definition) is 7. The standard InChI is InChI=1S/C39H43N7O9S/c1-39(2,3)22-17-30(35(54-5)31(18-22)46-56(6,51)52)45-38(50)44-29-13-14-32(26-10-8-7-9-25(26)29)55-24-15-16-41-34(20-24)43-23-11-12-27(33(19-23)53-4)36(47)42-21-28(40)37(48)49/h7-20,28,46H,21,40H2,1-6H3,(H,41,43)(H,42,47)(H,48,49)(H2,44,45,50)/t28-/m0/s1. The molecule has 0 radical (unpaired) electrons. The zero-order chi connectivity index (χ0) is 40.8. The SMILES string of the molecule is COc1cc(Nc2cc(Oc3ccc(NC(=O)Nc4cc(C(C)(C)C)cc(NS(C)(=O)=O)c4OC)c4ccccc34)ccn2)ccc1C(=O)NC[C@H](N)C(=O)O. The number of nitrogens with zero attached hydrogens (tertiary/aromatic N) is 1. The molecule has 17 heteroatoms. The molecule has 0 bridgehead atoms. The van der Waals surface area contributed by atoms with Gasteiger partial charge in [0.05, 0.1) is 43.1 Å². The average Bonchev–Trinajstić information content (AvgIpc) is 3.13. The maximum Gasteiger partial charge on any atom is 0.323 e. The minimum absolute atomic E-state index is 0.150. The largest absolute Gasteiger partial charge is 0.496 e. The zero-order valence-corrected chi connectivity index (χ0v) is 32.3. The number of amides is 3. The molecular formula is C39H43N7O9S. The van der Waals surface area contributed by atoms with E-state index in [0.717, 1.165) is 11.8 Å². The quantitative estimate of drug-likeness (QED) is 0.0663. The van der Waals surface area contributed by atoms with E-state index in [0.29, 0.717) is 39.5 Å². The number of nitrogens with one attached hydrogen (secondary N) is 5. The van der Waals surface area contributed by atoms with E-state index in [-0.39, 0.29) is 40.4 Å². The van der Waals surface area contributed by atoms with Crippen LogP contribution in [0.2, 0.25) is 0 Å². The van der Waals surface area contributed by atoms with Gasteiger partial charge in [-0.05, 0) is 53.4 Å². The van der Waals surface area contributed by atoms with Gasteiger partial charge in [0.15, 0.2) is 5.75 Å². The topological polar surface area (TPSA) is 232 Å². The lowest BCUT2D eigenvalue weighted by atomic mass is 9.86. The summed E-state index contributed by atoms with van der Waals surface area (Å²) in [4.78, 5) is 41.5. The Morgan fingerprint density at radius 2 is 1.55 bits per heavy atom. The third-order valence-electron chi connectivity index (χ3n) is 8.31. The molecule has 0 saturated carbocycles. The summed E-state index contributed by atoms with van der Waals surface area (Å²) >= 11 is 0. The van der Waals surface area contributed by atoms with Crippen LogP contribution in [-0.4, -0.2) is 69.5 Å². The van der Waals surface area contributed by atoms with Crippen LogP contribution in [0, 0.1) is 0 Å². The highest BCUT2D eigenvalue weighted by molar-refractivity contribution is 7.92. The number of carboxylic acids is 1. The first-order chi connectivity index (χ1) is 26.4. The Hall–Kier alpha value is -6.59. The number of carbonyl (C=O) groups is 3. The monoisotopic (exact) mass is 785 g/mol. The molecule has 0 aliphatic carbocycles. The van der Waals surface area contributed by atoms with Gasteiger partial charge in [0, 0.05) is 41.3 Å². The number of hydrogen-bond acceptors (Lipinski definition) is 11. The number of anilines is 5. The number of pyridine rings is 1. The first-order valence-corrected chi connectivity index (χ1v) is 19.0. The second kappa shape index (κ2) is 16.8. The van der Waals surface area contributed by atoms with Gasteiger partial charge in [-0.1, -0.05) is 45.0 Å². The number of carboxylic acid groups (broad SMARTS) is 1. The molecule has 0 saturated heterocycles. The van der Waals surface area contributed by atoms with Crippen molar-refractivity contribution >= 4 is 67.3 Å². The summed E-state index contributed by atoms with van der Waals surface area (Å²) in [5, 5.41) is 21.7. The van der Waals surface area contributed by atoms with Crippen LogP contribution in [0.15, 0.2) is 85.1 Å². The van der Waals surface area contributed by atoms with Gasteiger partial charge in [0.1, 0.15) is 29.1 Å². The normalized spacial score (nSPS) is 11.9. The minimum Gasteiger partial charge on any atom is -0.496 e. The van der Waals surface area contributed by atoms with Gasteiger partial charge in [-0.25, -0.2) is 18.2 Å². The molecular weight excluding hydrogens is 743 g/mol. The molecule has 1 aromatic heterocycles. The van der Waals surface area contributed by atoms with E-state index in [9.17, 15) is 22.8 Å². The van der Waals surface area contributed by atoms with E-state index < -0.39 is 34.0 Å². The highest BCUT2D eigenvalue weighted by Gasteiger charge is 2.23. The fourth-order valence-corrected chi connectivity index (χ4v) is 6.11. The Morgan fingerprint density at radius 1 is 0.857 bits per heavy atom. The number of ether oxygens (including phenoxy) is 3. The van der Waals surface area contributed by atoms with Gasteiger partial charge in [0.25, 0.3) is 5.91 Å². The van der Waals surface area contributed by atoms with Crippen LogP contribution in [0.3, 0.4) is 0 Å². The predicted octanol–water partition coefficient (Wildman–Crippen LogP) is 6.24. The molecule has 4 aromatic carbocycles. The Morgan fingerprint density at radius 3 is 2.21 bits per heavy atom. The van der Waals surface area contributed by atoms with Gasteiger partial charge < -0.3 is 46.3 Å². The summed E-state index contributed by atoms with van der Waals surface area (Å²) in [6, 6.07) is 20.5. The van der Waals surface area contributed by atoms with E-state index in [1.165, 1.54) is 20.3 Å². The first kappa shape index (κ1) is 40.6. The Balaban J connectivity index is 1.34. The van der Waals surface area contributed by atoms with Crippen LogP contribution >= 0.6 is 0 Å². The summed E-state index contributed by atoms with van der Waals surface area (Å²) in [5.41, 5.74) is 7.56. The maximum atomic E-state index is 13.5. The first-order valence-electron chi connectivity index (χ1n) is 17.1. The van der Waals surface area contributed by atoms with Crippen LogP contribution in [0.25, 0.3) is 10.8 Å². The lowest BCUT2D eigenvalue weighted by molar-refractivity contribution is -0.138. The summed E-state index contributed by atoms with van der Waals surface area (Å²) in [5.74, 6) is -0.0120. The molecule has 5 rings (SSSR count). The molecule has 0 unspecified atom stereocenters. The fraction of sp³-hybridized carbons (Fsp3) is 0.231. The summed E-state index contributed by atoms with van der Waals surface area (Å²) in [6.07, 6.45) is 2.60. The number of rotatable bonds is 14. The van der Waals surface area contributed by atoms with Gasteiger partial charge >= 0.3 is 12.0 Å². The minimum atomic E-state index is -3.66. The molecule has 294 valence electrons. The van der Waals surface area contributed by atoms with Gasteiger partial charge in [-0.3, -0.25) is 14.3 Å². The zero-order valence-electron chi connectivity index (χ0n) is 31.5. The molecule has 0 fully saturated rings. The smallest absolute Gasteiger partial charge is 0.323 e. The number of carbonyl (C=O) groups excluding carboxylic acids is 2. The van der Waals surface area contributed by atoms with E-state index in [1.807, 2.05) is 45.0 Å². The maximum absolute atomic E-state index is 13.5. The van der Waals surface area contributed by atoms with Crippen LogP contribution < -0.4 is 45.9 Å². The van der Waals surface area contributed by atoms with Crippen molar-refractivity contribution in [1.82, 2.24) is 10.3 Å². The molecule has 16 nitrogen and oxygen atoms in total. The Bertz CT molecular complexity index is 2400. The van der Waals surface area contributed by atoms with Crippen LogP contribution in [-0.2, 0) is 20.2 Å². The molecule has 8 N–H and O–H groups in total. The third-order valence-corrected chi connectivity index (χ3v) is 8.90. The number of methoxy groups -OCH3 is 2. The number of aromatic nitrogens is 1. The van der Waals surface area contributed by atoms with Crippen molar-refractivity contribution in [2.45, 2.75) is 32.2 Å². The van der Waals surface area contributed by atoms with Crippen LogP contribution in [0.4, 0.5) is 33.4 Å². The van der Waals surface area contributed by atoms with E-state index in [1.54, 1.807) is 54.7 Å². The second-order valence-corrected chi connectivity index (χ2v) is 15.4. The van der Waals surface area contributed by atoms with E-state index in [4.69, 9.17) is 25.1 Å². The molecule has 0 aliphatic heterocycles. The van der Waals surface area contributed by atoms with Gasteiger partial charge in [0.2, 0.25) is 10.0 Å². The van der Waals surface area contributed by atoms with Crippen molar-refractivity contribution in [3.63, 3.8) is 0 Å². The summed E-state index contributed by atoms with van der Waals surface area (Å²) in [6.45, 7) is 5.65. The lowest BCUT2D eigenvalue weighted by Gasteiger charge is -2.24. The summed E-state index contributed by atoms with van der Waals surface area (Å²) < 4.78 is 44.0. The predicted molar refractivity (Wildman–Crippen MR) is 215 cm³/mol. The number of benzene rings is 4. The highest BCUT2D eigenvalue weighted by Crippen LogP contribution is 2.40. The van der Waals surface area contributed by atoms with E-state index in [2.05, 4.69) is 31.0 Å². The van der Waals surface area contributed by atoms with Crippen molar-refractivity contribution in [2.24, 2.45) is 5.73 Å². The number of fused-ring (bicyclic) bond motifs is 1. The fourth-order valence-electron chi connectivity index (χ4n) is 5.56. The Kier molecular flexibility index (Phi) is 12.2. The molecule has 0 aliphatic rings.